The van der Waals surface area contributed by atoms with Gasteiger partial charge in [-0.3, -0.25) is 4.90 Å². The van der Waals surface area contributed by atoms with Gasteiger partial charge < -0.3 is 14.9 Å². The molecule has 0 fully saturated rings. The van der Waals surface area contributed by atoms with E-state index in [0.29, 0.717) is 17.2 Å². The molecule has 1 aliphatic rings. The first-order chi connectivity index (χ1) is 13.8. The molecule has 0 amide bonds. The summed E-state index contributed by atoms with van der Waals surface area (Å²) in [4.78, 5) is 35.0. The Morgan fingerprint density at radius 1 is 1.17 bits per heavy atom. The van der Waals surface area contributed by atoms with Crippen LogP contribution in [0.15, 0.2) is 47.9 Å². The van der Waals surface area contributed by atoms with E-state index in [0.717, 1.165) is 25.1 Å². The highest BCUT2D eigenvalue weighted by Gasteiger charge is 2.32. The monoisotopic (exact) mass is 437 g/mol. The fourth-order valence-corrected chi connectivity index (χ4v) is 4.04. The van der Waals surface area contributed by atoms with E-state index in [1.165, 1.54) is 17.6 Å². The number of hydrogen-bond acceptors (Lipinski definition) is 6. The summed E-state index contributed by atoms with van der Waals surface area (Å²) in [6.45, 7) is 1.59. The number of fused-ring (bicyclic) bond motifs is 1. The number of methoxy groups -OCH3 is 1. The number of thiophene rings is 1. The zero-order valence-corrected chi connectivity index (χ0v) is 17.2. The molecule has 0 bridgehead atoms. The first kappa shape index (κ1) is 22.6. The summed E-state index contributed by atoms with van der Waals surface area (Å²) in [5.74, 6) is -2.78. The summed E-state index contributed by atoms with van der Waals surface area (Å²) in [5, 5.41) is 18.3. The summed E-state index contributed by atoms with van der Waals surface area (Å²) in [6.07, 6.45) is 2.08. The fourth-order valence-electron chi connectivity index (χ4n) is 2.91. The van der Waals surface area contributed by atoms with Crippen molar-refractivity contribution in [2.75, 3.05) is 13.7 Å². The molecule has 1 aromatic carbocycles. The number of carboxylic acid groups (broad SMARTS) is 2. The van der Waals surface area contributed by atoms with Crippen molar-refractivity contribution in [1.82, 2.24) is 4.90 Å². The lowest BCUT2D eigenvalue weighted by Crippen LogP contribution is -2.38. The van der Waals surface area contributed by atoms with Crippen molar-refractivity contribution >= 4 is 40.8 Å². The van der Waals surface area contributed by atoms with Crippen LogP contribution in [0.2, 0.25) is 5.02 Å². The summed E-state index contributed by atoms with van der Waals surface area (Å²) in [5.41, 5.74) is 2.11. The van der Waals surface area contributed by atoms with Crippen LogP contribution in [0.4, 0.5) is 0 Å². The molecule has 0 aliphatic carbocycles. The van der Waals surface area contributed by atoms with Gasteiger partial charge in [0.2, 0.25) is 0 Å². The molecule has 2 heterocycles. The number of rotatable bonds is 5. The van der Waals surface area contributed by atoms with Gasteiger partial charge in [-0.1, -0.05) is 29.8 Å². The Morgan fingerprint density at radius 3 is 2.41 bits per heavy atom. The van der Waals surface area contributed by atoms with Crippen LogP contribution in [0.25, 0.3) is 0 Å². The smallest absolute Gasteiger partial charge is 0.328 e. The van der Waals surface area contributed by atoms with E-state index in [9.17, 15) is 14.4 Å². The normalized spacial score (nSPS) is 14.4. The van der Waals surface area contributed by atoms with Crippen LogP contribution >= 0.6 is 22.9 Å². The largest absolute Gasteiger partial charge is 0.478 e. The number of nitrogens with zero attached hydrogens (tertiary/aromatic N) is 1. The Morgan fingerprint density at radius 2 is 1.83 bits per heavy atom. The van der Waals surface area contributed by atoms with Crippen LogP contribution in [-0.4, -0.2) is 46.7 Å². The van der Waals surface area contributed by atoms with Crippen LogP contribution in [0.3, 0.4) is 0 Å². The number of ether oxygens (including phenoxy) is 1. The molecule has 0 spiro atoms. The van der Waals surface area contributed by atoms with Gasteiger partial charge >= 0.3 is 17.9 Å². The molecule has 0 unspecified atom stereocenters. The van der Waals surface area contributed by atoms with Crippen molar-refractivity contribution in [2.24, 2.45) is 0 Å². The maximum atomic E-state index is 12.3. The molecule has 0 radical (unpaired) electrons. The average molecular weight is 438 g/mol. The second-order valence-corrected chi connectivity index (χ2v) is 7.45. The minimum Gasteiger partial charge on any atom is -0.478 e. The SMILES string of the molecule is COC(=O)[C@H](c1ccccc1Cl)N1CCc2sccc2C1.O=C(O)C=CC(=O)O. The molecule has 1 atom stereocenters. The van der Waals surface area contributed by atoms with Gasteiger partial charge in [-0.05, 0) is 35.1 Å². The molecule has 1 aliphatic heterocycles. The van der Waals surface area contributed by atoms with Crippen LogP contribution < -0.4 is 0 Å². The standard InChI is InChI=1S/C16H16ClNO2S.C4H4O4/c1-20-16(19)15(12-4-2-3-5-13(12)17)18-8-6-14-11(10-18)7-9-21-14;5-3(6)1-2-4(7)8/h2-5,7,9,15H,6,8,10H2,1H3;1-2H,(H,5,6)(H,7,8)/t15-;/m0./s1. The van der Waals surface area contributed by atoms with Crippen molar-refractivity contribution in [1.29, 1.82) is 0 Å². The molecule has 0 saturated heterocycles. The maximum Gasteiger partial charge on any atom is 0.328 e. The van der Waals surface area contributed by atoms with Crippen molar-refractivity contribution < 1.29 is 29.3 Å². The van der Waals surface area contributed by atoms with Crippen molar-refractivity contribution in [3.8, 4) is 0 Å². The van der Waals surface area contributed by atoms with Gasteiger partial charge in [-0.25, -0.2) is 14.4 Å². The number of carbonyl (C=O) groups excluding carboxylic acids is 1. The van der Waals surface area contributed by atoms with Crippen LogP contribution in [0.5, 0.6) is 0 Å². The fraction of sp³-hybridized carbons (Fsp3) is 0.250. The second-order valence-electron chi connectivity index (χ2n) is 6.05. The third-order valence-corrected chi connectivity index (χ3v) is 5.56. The quantitative estimate of drug-likeness (QED) is 0.545. The lowest BCUT2D eigenvalue weighted by molar-refractivity contribution is -0.147. The Bertz CT molecular complexity index is 894. The highest BCUT2D eigenvalue weighted by atomic mass is 35.5. The molecular weight excluding hydrogens is 418 g/mol. The average Bonchev–Trinajstić information content (AvgIpc) is 3.16. The minimum atomic E-state index is -1.26. The van der Waals surface area contributed by atoms with Crippen molar-refractivity contribution in [2.45, 2.75) is 19.0 Å². The van der Waals surface area contributed by atoms with Crippen LogP contribution in [0.1, 0.15) is 22.0 Å². The topological polar surface area (TPSA) is 104 Å². The van der Waals surface area contributed by atoms with Crippen molar-refractivity contribution in [3.63, 3.8) is 0 Å². The highest BCUT2D eigenvalue weighted by Crippen LogP contribution is 2.33. The number of carboxylic acids is 2. The Hall–Kier alpha value is -2.68. The predicted molar refractivity (Wildman–Crippen MR) is 109 cm³/mol. The number of benzene rings is 1. The maximum absolute atomic E-state index is 12.3. The molecule has 154 valence electrons. The zero-order valence-electron chi connectivity index (χ0n) is 15.6. The zero-order chi connectivity index (χ0) is 21.4. The lowest BCUT2D eigenvalue weighted by Gasteiger charge is -2.33. The molecule has 0 saturated carbocycles. The van der Waals surface area contributed by atoms with Gasteiger partial charge in [0.25, 0.3) is 0 Å². The van der Waals surface area contributed by atoms with Gasteiger partial charge in [0.1, 0.15) is 6.04 Å². The van der Waals surface area contributed by atoms with E-state index in [2.05, 4.69) is 16.3 Å². The number of carbonyl (C=O) groups is 3. The number of esters is 1. The van der Waals surface area contributed by atoms with Crippen LogP contribution in [-0.2, 0) is 32.1 Å². The third kappa shape index (κ3) is 6.42. The molecule has 1 aromatic heterocycles. The van der Waals surface area contributed by atoms with E-state index >= 15 is 0 Å². The van der Waals surface area contributed by atoms with Crippen molar-refractivity contribution in [3.05, 3.63) is 68.9 Å². The first-order valence-corrected chi connectivity index (χ1v) is 9.84. The summed E-state index contributed by atoms with van der Waals surface area (Å²) in [7, 11) is 1.42. The van der Waals surface area contributed by atoms with Gasteiger partial charge in [-0.15, -0.1) is 11.3 Å². The second kappa shape index (κ2) is 10.8. The predicted octanol–water partition coefficient (Wildman–Crippen LogP) is 3.39. The molecule has 9 heteroatoms. The highest BCUT2D eigenvalue weighted by molar-refractivity contribution is 7.10. The molecule has 2 N–H and O–H groups in total. The van der Waals surface area contributed by atoms with Gasteiger partial charge in [0.05, 0.1) is 7.11 Å². The first-order valence-electron chi connectivity index (χ1n) is 8.59. The van der Waals surface area contributed by atoms with Gasteiger partial charge in [-0.2, -0.15) is 0 Å². The third-order valence-electron chi connectivity index (χ3n) is 4.20. The summed E-state index contributed by atoms with van der Waals surface area (Å²) < 4.78 is 5.01. The molecule has 7 nitrogen and oxygen atoms in total. The van der Waals surface area contributed by atoms with E-state index in [-0.39, 0.29) is 5.97 Å². The lowest BCUT2D eigenvalue weighted by atomic mass is 10.0. The van der Waals surface area contributed by atoms with Gasteiger partial charge in [0.15, 0.2) is 0 Å². The number of aliphatic carboxylic acids is 2. The Kier molecular flexibility index (Phi) is 8.38. The summed E-state index contributed by atoms with van der Waals surface area (Å²) in [6, 6.07) is 9.16. The molecule has 29 heavy (non-hydrogen) atoms. The van der Waals surface area contributed by atoms with Gasteiger partial charge in [0, 0.05) is 35.1 Å². The minimum absolute atomic E-state index is 0.262. The van der Waals surface area contributed by atoms with E-state index in [4.69, 9.17) is 26.6 Å². The Labute approximate surface area is 176 Å². The molecule has 3 rings (SSSR count). The van der Waals surface area contributed by atoms with E-state index in [1.54, 1.807) is 11.3 Å². The Balaban J connectivity index is 0.000000321. The van der Waals surface area contributed by atoms with E-state index < -0.39 is 18.0 Å². The van der Waals surface area contributed by atoms with E-state index in [1.807, 2.05) is 24.3 Å². The van der Waals surface area contributed by atoms with Crippen LogP contribution in [0, 0.1) is 0 Å². The molecule has 2 aromatic rings. The molecular formula is C20H20ClNO6S. The number of halogens is 1. The number of hydrogen-bond donors (Lipinski definition) is 2. The summed E-state index contributed by atoms with van der Waals surface area (Å²) >= 11 is 8.07.